The highest BCUT2D eigenvalue weighted by molar-refractivity contribution is 7.99. The number of hydrogen-bond acceptors (Lipinski definition) is 3. The Kier molecular flexibility index (Phi) is 4.99. The van der Waals surface area contributed by atoms with E-state index in [9.17, 15) is 0 Å². The van der Waals surface area contributed by atoms with Gasteiger partial charge in [-0.3, -0.25) is 0 Å². The highest BCUT2D eigenvalue weighted by Gasteiger charge is 2.11. The van der Waals surface area contributed by atoms with E-state index in [4.69, 9.17) is 5.73 Å². The van der Waals surface area contributed by atoms with Gasteiger partial charge in [-0.1, -0.05) is 0 Å². The summed E-state index contributed by atoms with van der Waals surface area (Å²) < 4.78 is 0. The topological polar surface area (TPSA) is 38.0 Å². The van der Waals surface area contributed by atoms with Gasteiger partial charge in [0.15, 0.2) is 0 Å². The molecule has 0 aromatic heterocycles. The fourth-order valence-corrected chi connectivity index (χ4v) is 2.10. The number of rotatable bonds is 4. The molecule has 0 aromatic carbocycles. The van der Waals surface area contributed by atoms with E-state index in [2.05, 4.69) is 11.7 Å². The summed E-state index contributed by atoms with van der Waals surface area (Å²) in [6, 6.07) is 0.709. The Morgan fingerprint density at radius 1 is 1.64 bits per heavy atom. The molecule has 1 heterocycles. The van der Waals surface area contributed by atoms with Gasteiger partial charge in [-0.15, -0.1) is 0 Å². The minimum Gasteiger partial charge on any atom is -0.330 e. The molecule has 0 amide bonds. The molecule has 0 spiro atoms. The third kappa shape index (κ3) is 3.99. The Morgan fingerprint density at radius 3 is 3.18 bits per heavy atom. The molecule has 1 unspecified atom stereocenters. The summed E-state index contributed by atoms with van der Waals surface area (Å²) in [4.78, 5) is 0. The van der Waals surface area contributed by atoms with Crippen molar-refractivity contribution in [2.45, 2.75) is 18.9 Å². The fourth-order valence-electron chi connectivity index (χ4n) is 1.23. The largest absolute Gasteiger partial charge is 0.330 e. The number of hydrogen-bond donors (Lipinski definition) is 2. The van der Waals surface area contributed by atoms with Gasteiger partial charge >= 0.3 is 0 Å². The zero-order valence-corrected chi connectivity index (χ0v) is 7.70. The van der Waals surface area contributed by atoms with Crippen molar-refractivity contribution in [3.63, 3.8) is 0 Å². The summed E-state index contributed by atoms with van der Waals surface area (Å²) in [5.74, 6) is 2.31. The Hall–Kier alpha value is 0.270. The van der Waals surface area contributed by atoms with Crippen LogP contribution in [0.1, 0.15) is 12.8 Å². The van der Waals surface area contributed by atoms with Crippen molar-refractivity contribution in [2.24, 2.45) is 5.73 Å². The molecular formula is C8H17N2S. The molecule has 1 atom stereocenters. The third-order valence-corrected chi connectivity index (χ3v) is 2.98. The standard InChI is InChI=1S/C8H17N2S/c9-4-6-11-7-8-3-1-2-5-10-8/h1,8,10H,2-7,9H2. The molecule has 2 nitrogen and oxygen atoms in total. The van der Waals surface area contributed by atoms with E-state index in [0.717, 1.165) is 18.8 Å². The van der Waals surface area contributed by atoms with Crippen molar-refractivity contribution in [1.29, 1.82) is 0 Å². The van der Waals surface area contributed by atoms with Gasteiger partial charge in [-0.05, 0) is 25.8 Å². The van der Waals surface area contributed by atoms with Gasteiger partial charge in [0.1, 0.15) is 0 Å². The van der Waals surface area contributed by atoms with E-state index in [1.54, 1.807) is 0 Å². The van der Waals surface area contributed by atoms with Gasteiger partial charge in [0, 0.05) is 24.1 Å². The molecule has 1 fully saturated rings. The Bertz CT molecular complexity index is 92.1. The Morgan fingerprint density at radius 2 is 2.55 bits per heavy atom. The first-order valence-corrected chi connectivity index (χ1v) is 5.42. The van der Waals surface area contributed by atoms with Crippen LogP contribution in [0.2, 0.25) is 0 Å². The van der Waals surface area contributed by atoms with Gasteiger partial charge in [0.2, 0.25) is 0 Å². The monoisotopic (exact) mass is 173 g/mol. The van der Waals surface area contributed by atoms with Crippen molar-refractivity contribution in [1.82, 2.24) is 5.32 Å². The van der Waals surface area contributed by atoms with E-state index in [1.165, 1.54) is 18.6 Å². The Balaban J connectivity index is 1.96. The van der Waals surface area contributed by atoms with E-state index in [1.807, 2.05) is 11.8 Å². The molecule has 1 aliphatic rings. The maximum atomic E-state index is 5.40. The molecule has 3 heteroatoms. The summed E-state index contributed by atoms with van der Waals surface area (Å²) in [6.07, 6.45) is 4.85. The van der Waals surface area contributed by atoms with Gasteiger partial charge < -0.3 is 11.1 Å². The summed E-state index contributed by atoms with van der Waals surface area (Å²) in [5, 5.41) is 3.49. The van der Waals surface area contributed by atoms with Crippen LogP contribution in [-0.2, 0) is 0 Å². The molecule has 0 aromatic rings. The van der Waals surface area contributed by atoms with Crippen LogP contribution in [0.4, 0.5) is 0 Å². The molecular weight excluding hydrogens is 156 g/mol. The average molecular weight is 173 g/mol. The molecule has 3 N–H and O–H groups in total. The van der Waals surface area contributed by atoms with Crippen LogP contribution >= 0.6 is 11.8 Å². The van der Waals surface area contributed by atoms with Crippen LogP contribution in [0.25, 0.3) is 0 Å². The van der Waals surface area contributed by atoms with Gasteiger partial charge in [0.25, 0.3) is 0 Å². The molecule has 65 valence electrons. The predicted octanol–water partition coefficient (Wildman–Crippen LogP) is 0.635. The van der Waals surface area contributed by atoms with Crippen LogP contribution in [0, 0.1) is 6.42 Å². The summed E-state index contributed by atoms with van der Waals surface area (Å²) in [6.45, 7) is 1.97. The second kappa shape index (κ2) is 5.86. The van der Waals surface area contributed by atoms with Crippen molar-refractivity contribution in [3.8, 4) is 0 Å². The molecule has 1 aliphatic heterocycles. The first-order chi connectivity index (χ1) is 5.43. The molecule has 0 aliphatic carbocycles. The summed E-state index contributed by atoms with van der Waals surface area (Å²) in [5.41, 5.74) is 5.40. The first-order valence-electron chi connectivity index (χ1n) is 4.26. The lowest BCUT2D eigenvalue weighted by molar-refractivity contribution is 0.494. The van der Waals surface area contributed by atoms with E-state index < -0.39 is 0 Å². The van der Waals surface area contributed by atoms with Crippen LogP contribution in [-0.4, -0.2) is 30.6 Å². The highest BCUT2D eigenvalue weighted by Crippen LogP contribution is 2.10. The quantitative estimate of drug-likeness (QED) is 0.613. The van der Waals surface area contributed by atoms with Crippen molar-refractivity contribution >= 4 is 11.8 Å². The molecule has 0 bridgehead atoms. The van der Waals surface area contributed by atoms with Crippen LogP contribution in [0.3, 0.4) is 0 Å². The molecule has 0 saturated carbocycles. The molecule has 1 radical (unpaired) electrons. The first kappa shape index (κ1) is 9.36. The maximum Gasteiger partial charge on any atom is 0.0160 e. The Labute approximate surface area is 73.3 Å². The fraction of sp³-hybridized carbons (Fsp3) is 0.875. The number of thioether (sulfide) groups is 1. The van der Waals surface area contributed by atoms with Gasteiger partial charge in [-0.25, -0.2) is 0 Å². The molecule has 1 rings (SSSR count). The third-order valence-electron chi connectivity index (χ3n) is 1.81. The van der Waals surface area contributed by atoms with E-state index in [0.29, 0.717) is 6.04 Å². The lowest BCUT2D eigenvalue weighted by Gasteiger charge is -2.22. The van der Waals surface area contributed by atoms with E-state index >= 15 is 0 Å². The summed E-state index contributed by atoms with van der Waals surface area (Å²) >= 11 is 1.95. The second-order valence-corrected chi connectivity index (χ2v) is 3.98. The number of piperidine rings is 1. The lowest BCUT2D eigenvalue weighted by Crippen LogP contribution is -2.36. The van der Waals surface area contributed by atoms with E-state index in [-0.39, 0.29) is 0 Å². The van der Waals surface area contributed by atoms with Crippen LogP contribution in [0.5, 0.6) is 0 Å². The zero-order valence-electron chi connectivity index (χ0n) is 6.88. The maximum absolute atomic E-state index is 5.40. The SMILES string of the molecule is NCCSCC1C[CH]CCN1. The van der Waals surface area contributed by atoms with Crippen molar-refractivity contribution in [2.75, 3.05) is 24.6 Å². The van der Waals surface area contributed by atoms with Gasteiger partial charge in [0.05, 0.1) is 0 Å². The minimum absolute atomic E-state index is 0.709. The summed E-state index contributed by atoms with van der Waals surface area (Å²) in [7, 11) is 0. The lowest BCUT2D eigenvalue weighted by atomic mass is 10.1. The smallest absolute Gasteiger partial charge is 0.0160 e. The predicted molar refractivity (Wildman–Crippen MR) is 51.7 cm³/mol. The normalized spacial score (nSPS) is 25.4. The minimum atomic E-state index is 0.709. The number of nitrogens with one attached hydrogen (secondary N) is 1. The highest BCUT2D eigenvalue weighted by atomic mass is 32.2. The zero-order chi connectivity index (χ0) is 7.94. The number of nitrogens with two attached hydrogens (primary N) is 1. The average Bonchev–Trinajstić information content (AvgIpc) is 2.07. The van der Waals surface area contributed by atoms with Crippen LogP contribution < -0.4 is 11.1 Å². The molecule has 1 saturated heterocycles. The van der Waals surface area contributed by atoms with Crippen molar-refractivity contribution in [3.05, 3.63) is 6.42 Å². The van der Waals surface area contributed by atoms with Gasteiger partial charge in [-0.2, -0.15) is 11.8 Å². The molecule has 11 heavy (non-hydrogen) atoms. The van der Waals surface area contributed by atoms with Crippen LogP contribution in [0.15, 0.2) is 0 Å². The second-order valence-electron chi connectivity index (χ2n) is 2.83. The van der Waals surface area contributed by atoms with Crippen molar-refractivity contribution < 1.29 is 0 Å².